The van der Waals surface area contributed by atoms with Crippen LogP contribution in [0.15, 0.2) is 24.3 Å². The second-order valence-electron chi connectivity index (χ2n) is 5.79. The van der Waals surface area contributed by atoms with Crippen molar-refractivity contribution in [2.45, 2.75) is 71.8 Å². The van der Waals surface area contributed by atoms with Crippen LogP contribution in [-0.2, 0) is 19.1 Å². The zero-order valence-electron chi connectivity index (χ0n) is 14.5. The van der Waals surface area contributed by atoms with Gasteiger partial charge in [-0.1, -0.05) is 27.0 Å². The van der Waals surface area contributed by atoms with Crippen molar-refractivity contribution in [2.75, 3.05) is 6.61 Å². The van der Waals surface area contributed by atoms with Crippen molar-refractivity contribution >= 4 is 11.9 Å². The Kier molecular flexibility index (Phi) is 9.46. The molecule has 0 rings (SSSR count). The Bertz CT molecular complexity index is 405. The van der Waals surface area contributed by atoms with Crippen molar-refractivity contribution in [1.82, 2.24) is 0 Å². The molecule has 4 nitrogen and oxygen atoms in total. The Morgan fingerprint density at radius 1 is 0.909 bits per heavy atom. The Morgan fingerprint density at radius 2 is 1.45 bits per heavy atom. The molecule has 126 valence electrons. The highest BCUT2D eigenvalue weighted by molar-refractivity contribution is 5.87. The van der Waals surface area contributed by atoms with Crippen molar-refractivity contribution < 1.29 is 19.1 Å². The summed E-state index contributed by atoms with van der Waals surface area (Å²) in [6.45, 7) is 14.9. The van der Waals surface area contributed by atoms with Crippen molar-refractivity contribution in [2.24, 2.45) is 0 Å². The van der Waals surface area contributed by atoms with E-state index in [-0.39, 0.29) is 11.9 Å². The molecule has 22 heavy (non-hydrogen) atoms. The quantitative estimate of drug-likeness (QED) is 0.323. The van der Waals surface area contributed by atoms with Gasteiger partial charge in [0.05, 0.1) is 6.61 Å². The molecule has 0 fully saturated rings. The lowest BCUT2D eigenvalue weighted by molar-refractivity contribution is -0.156. The maximum Gasteiger partial charge on any atom is 0.333 e. The molecule has 0 N–H and O–H groups in total. The van der Waals surface area contributed by atoms with E-state index in [4.69, 9.17) is 9.47 Å². The van der Waals surface area contributed by atoms with Crippen LogP contribution in [0.4, 0.5) is 0 Å². The number of unbranched alkanes of at least 4 members (excludes halogenated alkanes) is 2. The second kappa shape index (κ2) is 10.2. The fourth-order valence-corrected chi connectivity index (χ4v) is 2.10. The van der Waals surface area contributed by atoms with Crippen molar-refractivity contribution in [1.29, 1.82) is 0 Å². The van der Waals surface area contributed by atoms with Crippen LogP contribution in [0.2, 0.25) is 0 Å². The number of ether oxygens (including phenoxy) is 2. The third kappa shape index (κ3) is 7.43. The maximum absolute atomic E-state index is 11.8. The number of carbonyl (C=O) groups is 2. The third-order valence-electron chi connectivity index (χ3n) is 3.80. The fraction of sp³-hybridized carbons (Fsp3) is 0.667. The lowest BCUT2D eigenvalue weighted by atomic mass is 9.90. The summed E-state index contributed by atoms with van der Waals surface area (Å²) in [5.41, 5.74) is 0.436. The summed E-state index contributed by atoms with van der Waals surface area (Å²) in [7, 11) is 0. The van der Waals surface area contributed by atoms with Gasteiger partial charge in [0.15, 0.2) is 0 Å². The number of carbonyl (C=O) groups excluding carboxylic acids is 2. The molecule has 0 aromatic heterocycles. The monoisotopic (exact) mass is 310 g/mol. The molecular weight excluding hydrogens is 280 g/mol. The number of esters is 2. The van der Waals surface area contributed by atoms with Crippen molar-refractivity contribution in [3.05, 3.63) is 24.3 Å². The zero-order chi connectivity index (χ0) is 17.2. The topological polar surface area (TPSA) is 52.6 Å². The van der Waals surface area contributed by atoms with Gasteiger partial charge in [-0.25, -0.2) is 9.59 Å². The molecule has 0 atom stereocenters. The van der Waals surface area contributed by atoms with E-state index in [1.54, 1.807) is 13.8 Å². The molecule has 0 saturated heterocycles. The molecule has 4 heteroatoms. The Labute approximate surface area is 134 Å². The van der Waals surface area contributed by atoms with E-state index in [9.17, 15) is 9.59 Å². The molecule has 0 saturated carbocycles. The van der Waals surface area contributed by atoms with E-state index in [1.165, 1.54) is 0 Å². The molecule has 0 unspecified atom stereocenters. The minimum atomic E-state index is -0.412. The second-order valence-corrected chi connectivity index (χ2v) is 5.79. The molecule has 0 heterocycles. The first-order valence-corrected chi connectivity index (χ1v) is 7.99. The lowest BCUT2D eigenvalue weighted by Gasteiger charge is -2.31. The summed E-state index contributed by atoms with van der Waals surface area (Å²) in [4.78, 5) is 23.0. The predicted octanol–water partition coefficient (Wildman–Crippen LogP) is 4.34. The van der Waals surface area contributed by atoms with Gasteiger partial charge in [-0.15, -0.1) is 0 Å². The van der Waals surface area contributed by atoms with Gasteiger partial charge in [-0.05, 0) is 52.4 Å². The van der Waals surface area contributed by atoms with Crippen LogP contribution >= 0.6 is 0 Å². The van der Waals surface area contributed by atoms with Crippen LogP contribution in [0, 0.1) is 0 Å². The van der Waals surface area contributed by atoms with Crippen LogP contribution < -0.4 is 0 Å². The van der Waals surface area contributed by atoms with Crippen LogP contribution in [0.5, 0.6) is 0 Å². The van der Waals surface area contributed by atoms with Crippen LogP contribution in [0.25, 0.3) is 0 Å². The first kappa shape index (κ1) is 20.4. The molecule has 0 amide bonds. The highest BCUT2D eigenvalue weighted by atomic mass is 16.6. The summed E-state index contributed by atoms with van der Waals surface area (Å²) in [6.07, 6.45) is 5.04. The lowest BCUT2D eigenvalue weighted by Crippen LogP contribution is -2.34. The minimum Gasteiger partial charge on any atom is -0.462 e. The third-order valence-corrected chi connectivity index (χ3v) is 3.80. The Balaban J connectivity index is 4.15. The largest absolute Gasteiger partial charge is 0.462 e. The summed E-state index contributed by atoms with van der Waals surface area (Å²) < 4.78 is 10.7. The van der Waals surface area contributed by atoms with Gasteiger partial charge in [0.2, 0.25) is 0 Å². The first-order valence-electron chi connectivity index (χ1n) is 7.99. The van der Waals surface area contributed by atoms with Crippen molar-refractivity contribution in [3.63, 3.8) is 0 Å². The summed E-state index contributed by atoms with van der Waals surface area (Å²) >= 11 is 0. The zero-order valence-corrected chi connectivity index (χ0v) is 14.5. The van der Waals surface area contributed by atoms with E-state index in [2.05, 4.69) is 13.2 Å². The van der Waals surface area contributed by atoms with Gasteiger partial charge < -0.3 is 9.47 Å². The first-order chi connectivity index (χ1) is 10.3. The van der Waals surface area contributed by atoms with Crippen LogP contribution in [-0.4, -0.2) is 24.1 Å². The predicted molar refractivity (Wildman–Crippen MR) is 88.5 cm³/mol. The average Bonchev–Trinajstić information content (AvgIpc) is 2.48. The number of hydrogen-bond acceptors (Lipinski definition) is 4. The molecule has 0 aliphatic carbocycles. The normalized spacial score (nSPS) is 10.9. The molecule has 0 bridgehead atoms. The van der Waals surface area contributed by atoms with Gasteiger partial charge >= 0.3 is 11.9 Å². The van der Waals surface area contributed by atoms with E-state index >= 15 is 0 Å². The van der Waals surface area contributed by atoms with Crippen LogP contribution in [0.1, 0.15) is 66.2 Å². The molecule has 0 aromatic carbocycles. The SMILES string of the molecule is C=C(C)C(=O)OCCCCCC(CC)(CC)OC(=O)C(=C)C. The van der Waals surface area contributed by atoms with E-state index in [0.29, 0.717) is 17.8 Å². The number of hydrogen-bond donors (Lipinski definition) is 0. The molecule has 0 aromatic rings. The van der Waals surface area contributed by atoms with Gasteiger partial charge in [-0.3, -0.25) is 0 Å². The number of rotatable bonds is 11. The molecular formula is C18H30O4. The summed E-state index contributed by atoms with van der Waals surface area (Å²) in [6, 6.07) is 0. The highest BCUT2D eigenvalue weighted by Crippen LogP contribution is 2.28. The Morgan fingerprint density at radius 3 is 1.91 bits per heavy atom. The van der Waals surface area contributed by atoms with Gasteiger partial charge in [-0.2, -0.15) is 0 Å². The maximum atomic E-state index is 11.8. The summed E-state index contributed by atoms with van der Waals surface area (Å²) in [5.74, 6) is -0.661. The summed E-state index contributed by atoms with van der Waals surface area (Å²) in [5, 5.41) is 0. The van der Waals surface area contributed by atoms with Gasteiger partial charge in [0, 0.05) is 11.1 Å². The van der Waals surface area contributed by atoms with Gasteiger partial charge in [0.1, 0.15) is 5.60 Å². The van der Waals surface area contributed by atoms with Crippen molar-refractivity contribution in [3.8, 4) is 0 Å². The minimum absolute atomic E-state index is 0.320. The fourth-order valence-electron chi connectivity index (χ4n) is 2.10. The molecule has 0 aliphatic heterocycles. The smallest absolute Gasteiger partial charge is 0.333 e. The van der Waals surface area contributed by atoms with E-state index in [1.807, 2.05) is 13.8 Å². The molecule has 0 spiro atoms. The Hall–Kier alpha value is -1.58. The van der Waals surface area contributed by atoms with E-state index < -0.39 is 5.60 Å². The average molecular weight is 310 g/mol. The molecule has 0 radical (unpaired) electrons. The van der Waals surface area contributed by atoms with Crippen LogP contribution in [0.3, 0.4) is 0 Å². The van der Waals surface area contributed by atoms with E-state index in [0.717, 1.165) is 38.5 Å². The standard InChI is InChI=1S/C18H30O4/c1-7-18(8-2,22-17(20)15(5)6)12-10-9-11-13-21-16(19)14(3)4/h3,5,7-13H2,1-2,4,6H3. The highest BCUT2D eigenvalue weighted by Gasteiger charge is 2.30. The molecule has 0 aliphatic rings. The van der Waals surface area contributed by atoms with Gasteiger partial charge in [0.25, 0.3) is 0 Å².